The Morgan fingerprint density at radius 1 is 0.970 bits per heavy atom. The van der Waals surface area contributed by atoms with Crippen molar-refractivity contribution < 1.29 is 9.59 Å². The number of carbonyl (C=O) groups is 2. The van der Waals surface area contributed by atoms with Gasteiger partial charge in [0.25, 0.3) is 5.91 Å². The van der Waals surface area contributed by atoms with E-state index in [0.29, 0.717) is 35.4 Å². The van der Waals surface area contributed by atoms with E-state index in [4.69, 9.17) is 0 Å². The fourth-order valence-electron chi connectivity index (χ4n) is 3.83. The summed E-state index contributed by atoms with van der Waals surface area (Å²) in [7, 11) is 1.85. The third-order valence-corrected chi connectivity index (χ3v) is 6.72. The summed E-state index contributed by atoms with van der Waals surface area (Å²) in [5.74, 6) is 0.890. The van der Waals surface area contributed by atoms with Crippen molar-refractivity contribution in [1.82, 2.24) is 25.0 Å². The lowest BCUT2D eigenvalue weighted by molar-refractivity contribution is -0.128. The van der Waals surface area contributed by atoms with E-state index < -0.39 is 0 Å². The van der Waals surface area contributed by atoms with E-state index in [1.807, 2.05) is 59.8 Å². The highest BCUT2D eigenvalue weighted by molar-refractivity contribution is 7.99. The minimum atomic E-state index is -0.314. The summed E-state index contributed by atoms with van der Waals surface area (Å²) in [5.41, 5.74) is 1.79. The van der Waals surface area contributed by atoms with Gasteiger partial charge < -0.3 is 19.7 Å². The highest BCUT2D eigenvalue weighted by Gasteiger charge is 2.23. The lowest BCUT2D eigenvalue weighted by Gasteiger charge is -2.36. The number of nitrogens with zero attached hydrogens (tertiary/aromatic N) is 5. The molecule has 0 spiro atoms. The number of hydrogen-bond acceptors (Lipinski definition) is 6. The van der Waals surface area contributed by atoms with Crippen LogP contribution in [-0.4, -0.2) is 63.4 Å². The molecule has 0 aliphatic carbocycles. The predicted molar refractivity (Wildman–Crippen MR) is 129 cm³/mol. The molecule has 9 heteroatoms. The Kier molecular flexibility index (Phi) is 7.29. The molecule has 0 bridgehead atoms. The Hall–Kier alpha value is -3.33. The molecule has 33 heavy (non-hydrogen) atoms. The Balaban J connectivity index is 1.28. The molecular formula is C24H28N6O2S. The molecule has 1 aliphatic rings. The van der Waals surface area contributed by atoms with Gasteiger partial charge in [-0.15, -0.1) is 10.2 Å². The smallest absolute Gasteiger partial charge is 0.251 e. The van der Waals surface area contributed by atoms with Crippen molar-refractivity contribution in [3.63, 3.8) is 0 Å². The second-order valence-corrected chi connectivity index (χ2v) is 8.90. The van der Waals surface area contributed by atoms with Crippen molar-refractivity contribution in [2.45, 2.75) is 18.1 Å². The molecule has 2 heterocycles. The van der Waals surface area contributed by atoms with Crippen LogP contribution < -0.4 is 10.2 Å². The molecule has 1 N–H and O–H groups in total. The van der Waals surface area contributed by atoms with Gasteiger partial charge in [-0.05, 0) is 31.2 Å². The molecule has 1 aliphatic heterocycles. The third kappa shape index (κ3) is 5.54. The molecule has 0 saturated carbocycles. The zero-order valence-corrected chi connectivity index (χ0v) is 19.7. The number of para-hydroxylation sites is 1. The number of rotatable bonds is 7. The Labute approximate surface area is 198 Å². The monoisotopic (exact) mass is 464 g/mol. The number of amides is 2. The largest absolute Gasteiger partial charge is 0.368 e. The number of carbonyl (C=O) groups excluding carboxylic acids is 2. The van der Waals surface area contributed by atoms with Gasteiger partial charge in [-0.3, -0.25) is 9.59 Å². The standard InChI is InChI=1S/C24H28N6O2S/c1-18(25-23(32)19-9-5-3-6-10-19)22-26-27-24(28(22)2)33-17-21(31)30-15-13-29(14-16-30)20-11-7-4-8-12-20/h3-12,18H,13-17H2,1-2H3,(H,25,32). The fraction of sp³-hybridized carbons (Fsp3) is 0.333. The van der Waals surface area contributed by atoms with Gasteiger partial charge >= 0.3 is 0 Å². The Morgan fingerprint density at radius 2 is 1.61 bits per heavy atom. The number of thioether (sulfide) groups is 1. The van der Waals surface area contributed by atoms with Crippen LogP contribution in [0.1, 0.15) is 29.1 Å². The molecule has 0 radical (unpaired) electrons. The summed E-state index contributed by atoms with van der Waals surface area (Å²) >= 11 is 1.37. The molecule has 4 rings (SSSR count). The van der Waals surface area contributed by atoms with Gasteiger partial charge in [0.1, 0.15) is 0 Å². The molecule has 1 saturated heterocycles. The molecule has 1 unspecified atom stereocenters. The van der Waals surface area contributed by atoms with Crippen molar-refractivity contribution in [3.05, 3.63) is 72.1 Å². The van der Waals surface area contributed by atoms with E-state index in [-0.39, 0.29) is 17.9 Å². The number of piperazine rings is 1. The lowest BCUT2D eigenvalue weighted by atomic mass is 10.2. The minimum Gasteiger partial charge on any atom is -0.368 e. The van der Waals surface area contributed by atoms with E-state index in [9.17, 15) is 9.59 Å². The molecule has 2 aromatic carbocycles. The van der Waals surface area contributed by atoms with Crippen molar-refractivity contribution in [3.8, 4) is 0 Å². The first-order valence-corrected chi connectivity index (χ1v) is 12.0. The van der Waals surface area contributed by atoms with Crippen LogP contribution in [0.25, 0.3) is 0 Å². The first-order valence-electron chi connectivity index (χ1n) is 11.0. The molecule has 2 amide bonds. The first-order chi connectivity index (χ1) is 16.0. The van der Waals surface area contributed by atoms with Crippen LogP contribution in [0.5, 0.6) is 0 Å². The summed E-state index contributed by atoms with van der Waals surface area (Å²) in [6.07, 6.45) is 0. The van der Waals surface area contributed by atoms with Crippen LogP contribution in [0.15, 0.2) is 65.8 Å². The molecule has 1 aromatic heterocycles. The molecule has 8 nitrogen and oxygen atoms in total. The summed E-state index contributed by atoms with van der Waals surface area (Å²) in [6, 6.07) is 19.0. The number of benzene rings is 2. The van der Waals surface area contributed by atoms with Crippen molar-refractivity contribution in [2.24, 2.45) is 7.05 Å². The van der Waals surface area contributed by atoms with E-state index in [1.54, 1.807) is 12.1 Å². The minimum absolute atomic E-state index is 0.0997. The predicted octanol–water partition coefficient (Wildman–Crippen LogP) is 2.75. The molecule has 172 valence electrons. The van der Waals surface area contributed by atoms with Crippen LogP contribution in [-0.2, 0) is 11.8 Å². The van der Waals surface area contributed by atoms with E-state index in [2.05, 4.69) is 32.5 Å². The number of hydrogen-bond donors (Lipinski definition) is 1. The normalized spacial score (nSPS) is 14.7. The zero-order chi connectivity index (χ0) is 23.2. The molecule has 1 atom stereocenters. The highest BCUT2D eigenvalue weighted by Crippen LogP contribution is 2.21. The zero-order valence-electron chi connectivity index (χ0n) is 18.8. The average Bonchev–Trinajstić information content (AvgIpc) is 3.24. The summed E-state index contributed by atoms with van der Waals surface area (Å²) in [6.45, 7) is 4.94. The van der Waals surface area contributed by atoms with Crippen LogP contribution in [0.2, 0.25) is 0 Å². The van der Waals surface area contributed by atoms with Gasteiger partial charge in [-0.2, -0.15) is 0 Å². The maximum atomic E-state index is 12.7. The maximum Gasteiger partial charge on any atom is 0.251 e. The SMILES string of the molecule is CC(NC(=O)c1ccccc1)c1nnc(SCC(=O)N2CCN(c3ccccc3)CC2)n1C. The van der Waals surface area contributed by atoms with Crippen molar-refractivity contribution >= 4 is 29.3 Å². The van der Waals surface area contributed by atoms with Crippen molar-refractivity contribution in [1.29, 1.82) is 0 Å². The first kappa shape index (κ1) is 22.8. The summed E-state index contributed by atoms with van der Waals surface area (Å²) in [4.78, 5) is 29.4. The van der Waals surface area contributed by atoms with E-state index in [0.717, 1.165) is 13.1 Å². The van der Waals surface area contributed by atoms with Crippen LogP contribution in [0, 0.1) is 0 Å². The van der Waals surface area contributed by atoms with Gasteiger partial charge in [0, 0.05) is 44.5 Å². The topological polar surface area (TPSA) is 83.4 Å². The Bertz CT molecular complexity index is 1080. The third-order valence-electron chi connectivity index (χ3n) is 5.72. The van der Waals surface area contributed by atoms with Crippen LogP contribution in [0.3, 0.4) is 0 Å². The molecular weight excluding hydrogens is 436 g/mol. The maximum absolute atomic E-state index is 12.7. The van der Waals surface area contributed by atoms with Gasteiger partial charge in [-0.1, -0.05) is 48.2 Å². The second kappa shape index (κ2) is 10.5. The summed E-state index contributed by atoms with van der Waals surface area (Å²) < 4.78 is 1.83. The second-order valence-electron chi connectivity index (χ2n) is 7.95. The summed E-state index contributed by atoms with van der Waals surface area (Å²) in [5, 5.41) is 12.1. The molecule has 1 fully saturated rings. The average molecular weight is 465 g/mol. The van der Waals surface area contributed by atoms with Gasteiger partial charge in [0.2, 0.25) is 5.91 Å². The van der Waals surface area contributed by atoms with E-state index >= 15 is 0 Å². The quantitative estimate of drug-likeness (QED) is 0.542. The van der Waals surface area contributed by atoms with Gasteiger partial charge in [0.05, 0.1) is 11.8 Å². The van der Waals surface area contributed by atoms with E-state index in [1.165, 1.54) is 17.4 Å². The van der Waals surface area contributed by atoms with Gasteiger partial charge in [0.15, 0.2) is 11.0 Å². The van der Waals surface area contributed by atoms with Gasteiger partial charge in [-0.25, -0.2) is 0 Å². The fourth-order valence-corrected chi connectivity index (χ4v) is 4.65. The number of aromatic nitrogens is 3. The Morgan fingerprint density at radius 3 is 2.27 bits per heavy atom. The number of nitrogens with one attached hydrogen (secondary N) is 1. The highest BCUT2D eigenvalue weighted by atomic mass is 32.2. The molecule has 3 aromatic rings. The lowest BCUT2D eigenvalue weighted by Crippen LogP contribution is -2.49. The van der Waals surface area contributed by atoms with Crippen molar-refractivity contribution in [2.75, 3.05) is 36.8 Å². The van der Waals surface area contributed by atoms with Crippen LogP contribution >= 0.6 is 11.8 Å². The van der Waals surface area contributed by atoms with Crippen LogP contribution in [0.4, 0.5) is 5.69 Å². The number of anilines is 1.